The molecule has 1 N–H and O–H groups in total. The molecule has 3 aliphatic rings. The van der Waals surface area contributed by atoms with Gasteiger partial charge in [-0.05, 0) is 48.7 Å². The van der Waals surface area contributed by atoms with Crippen LogP contribution < -0.4 is 9.47 Å². The Morgan fingerprint density at radius 3 is 2.55 bits per heavy atom. The summed E-state index contributed by atoms with van der Waals surface area (Å²) in [5.74, 6) is -0.790. The lowest BCUT2D eigenvalue weighted by molar-refractivity contribution is -0.140. The van der Waals surface area contributed by atoms with Crippen LogP contribution in [0.15, 0.2) is 42.0 Å². The van der Waals surface area contributed by atoms with Gasteiger partial charge in [0.2, 0.25) is 0 Å². The molecule has 2 fully saturated rings. The number of aliphatic hydroxyl groups excluding tert-OH is 1. The largest absolute Gasteiger partial charge is 0.507 e. The van der Waals surface area contributed by atoms with Gasteiger partial charge >= 0.3 is 0 Å². The lowest BCUT2D eigenvalue weighted by Crippen LogP contribution is -2.36. The normalized spacial score (nSPS) is 23.9. The Morgan fingerprint density at radius 2 is 1.82 bits per heavy atom. The van der Waals surface area contributed by atoms with Crippen LogP contribution in [0.4, 0.5) is 0 Å². The van der Waals surface area contributed by atoms with E-state index >= 15 is 0 Å². The average molecular weight is 490 g/mol. The van der Waals surface area contributed by atoms with Gasteiger partial charge in [0.05, 0.1) is 17.7 Å². The van der Waals surface area contributed by atoms with Crippen LogP contribution in [0.25, 0.3) is 5.76 Å². The molecule has 3 heterocycles. The minimum Gasteiger partial charge on any atom is -0.507 e. The van der Waals surface area contributed by atoms with Crippen LogP contribution in [-0.4, -0.2) is 54.2 Å². The first-order valence-corrected chi connectivity index (χ1v) is 11.4. The summed E-state index contributed by atoms with van der Waals surface area (Å²) in [4.78, 5) is 27.7. The van der Waals surface area contributed by atoms with Crippen LogP contribution in [0.5, 0.6) is 11.5 Å². The fraction of sp³-hybridized carbons (Fsp3) is 0.333. The number of Topliss-reactive ketones (excluding diaryl/α,β-unsaturated/α-hetero) is 1. The third kappa shape index (κ3) is 4.05. The van der Waals surface area contributed by atoms with Crippen molar-refractivity contribution in [2.45, 2.75) is 25.0 Å². The predicted molar refractivity (Wildman–Crippen MR) is 122 cm³/mol. The van der Waals surface area contributed by atoms with E-state index in [-0.39, 0.29) is 24.0 Å². The Bertz CT molecular complexity index is 1160. The summed E-state index contributed by atoms with van der Waals surface area (Å²) < 4.78 is 16.8. The SMILES string of the molecule is O=C1C(=O)N(C[C@H]2CCCO2)[C@@H](c2ccc(Cl)cc2Cl)C1=C(O)c1ccc2c(c1)OCCO2. The topological polar surface area (TPSA) is 85.3 Å². The molecule has 0 unspecified atom stereocenters. The molecule has 7 nitrogen and oxygen atoms in total. The summed E-state index contributed by atoms with van der Waals surface area (Å²) in [7, 11) is 0. The number of ether oxygens (including phenoxy) is 3. The van der Waals surface area contributed by atoms with Crippen LogP contribution in [0, 0.1) is 0 Å². The summed E-state index contributed by atoms with van der Waals surface area (Å²) in [6, 6.07) is 8.85. The van der Waals surface area contributed by atoms with Crippen molar-refractivity contribution in [2.24, 2.45) is 0 Å². The highest BCUT2D eigenvalue weighted by atomic mass is 35.5. The molecule has 0 bridgehead atoms. The molecule has 0 saturated carbocycles. The smallest absolute Gasteiger partial charge is 0.295 e. The molecule has 9 heteroatoms. The second-order valence-corrected chi connectivity index (χ2v) is 8.95. The van der Waals surface area contributed by atoms with E-state index in [9.17, 15) is 14.7 Å². The number of rotatable bonds is 4. The minimum absolute atomic E-state index is 0.0427. The van der Waals surface area contributed by atoms with Gasteiger partial charge in [-0.25, -0.2) is 0 Å². The van der Waals surface area contributed by atoms with Gasteiger partial charge in [0.1, 0.15) is 19.0 Å². The predicted octanol–water partition coefficient (Wildman–Crippen LogP) is 4.37. The maximum atomic E-state index is 13.2. The molecule has 33 heavy (non-hydrogen) atoms. The highest BCUT2D eigenvalue weighted by molar-refractivity contribution is 6.47. The summed E-state index contributed by atoms with van der Waals surface area (Å²) in [6.07, 6.45) is 1.48. The second-order valence-electron chi connectivity index (χ2n) is 8.11. The molecule has 2 atom stereocenters. The van der Waals surface area contributed by atoms with E-state index in [0.717, 1.165) is 12.8 Å². The number of nitrogens with zero attached hydrogens (tertiary/aromatic N) is 1. The lowest BCUT2D eigenvalue weighted by Gasteiger charge is -2.28. The Kier molecular flexibility index (Phi) is 5.95. The number of fused-ring (bicyclic) bond motifs is 1. The third-order valence-electron chi connectivity index (χ3n) is 6.04. The molecule has 1 amide bonds. The van der Waals surface area contributed by atoms with E-state index in [1.165, 1.54) is 4.90 Å². The first-order valence-electron chi connectivity index (χ1n) is 10.7. The number of amides is 1. The monoisotopic (exact) mass is 489 g/mol. The van der Waals surface area contributed by atoms with E-state index in [4.69, 9.17) is 37.4 Å². The molecule has 3 aliphatic heterocycles. The van der Waals surface area contributed by atoms with E-state index in [1.54, 1.807) is 36.4 Å². The molecule has 0 aromatic heterocycles. The van der Waals surface area contributed by atoms with Gasteiger partial charge in [0.15, 0.2) is 11.5 Å². The van der Waals surface area contributed by atoms with Gasteiger partial charge in [-0.3, -0.25) is 9.59 Å². The van der Waals surface area contributed by atoms with Crippen LogP contribution in [0.3, 0.4) is 0 Å². The molecule has 172 valence electrons. The number of hydrogen-bond acceptors (Lipinski definition) is 6. The summed E-state index contributed by atoms with van der Waals surface area (Å²) in [6.45, 7) is 1.63. The molecular weight excluding hydrogens is 469 g/mol. The average Bonchev–Trinajstić information content (AvgIpc) is 3.41. The Labute approximate surface area is 200 Å². The first-order chi connectivity index (χ1) is 15.9. The zero-order chi connectivity index (χ0) is 23.1. The molecule has 5 rings (SSSR count). The van der Waals surface area contributed by atoms with Crippen molar-refractivity contribution in [3.8, 4) is 11.5 Å². The minimum atomic E-state index is -0.882. The maximum Gasteiger partial charge on any atom is 0.295 e. The number of carbonyl (C=O) groups is 2. The molecule has 2 aromatic rings. The first kappa shape index (κ1) is 22.1. The molecular formula is C24H21Cl2NO6. The fourth-order valence-corrected chi connectivity index (χ4v) is 4.98. The Balaban J connectivity index is 1.63. The zero-order valence-corrected chi connectivity index (χ0v) is 19.1. The number of ketones is 1. The van der Waals surface area contributed by atoms with E-state index in [0.29, 0.717) is 52.5 Å². The highest BCUT2D eigenvalue weighted by Gasteiger charge is 2.47. The number of likely N-dealkylation sites (tertiary alicyclic amines) is 1. The van der Waals surface area contributed by atoms with Gasteiger partial charge in [-0.15, -0.1) is 0 Å². The number of aliphatic hydroxyl groups is 1. The van der Waals surface area contributed by atoms with Crippen molar-refractivity contribution in [1.82, 2.24) is 4.90 Å². The number of carbonyl (C=O) groups excluding carboxylic acids is 2. The summed E-state index contributed by atoms with van der Waals surface area (Å²) in [5.41, 5.74) is 0.792. The van der Waals surface area contributed by atoms with Crippen molar-refractivity contribution >= 4 is 40.7 Å². The molecule has 0 aliphatic carbocycles. The molecule has 2 aromatic carbocycles. The Morgan fingerprint density at radius 1 is 1.03 bits per heavy atom. The van der Waals surface area contributed by atoms with Crippen molar-refractivity contribution in [3.05, 3.63) is 63.1 Å². The van der Waals surface area contributed by atoms with Crippen molar-refractivity contribution in [3.63, 3.8) is 0 Å². The van der Waals surface area contributed by atoms with Crippen LogP contribution in [0.1, 0.15) is 30.0 Å². The van der Waals surface area contributed by atoms with Gasteiger partial charge in [0.25, 0.3) is 11.7 Å². The van der Waals surface area contributed by atoms with E-state index < -0.39 is 17.7 Å². The molecule has 2 saturated heterocycles. The quantitative estimate of drug-likeness (QED) is 0.390. The van der Waals surface area contributed by atoms with E-state index in [1.807, 2.05) is 0 Å². The van der Waals surface area contributed by atoms with Crippen molar-refractivity contribution in [2.75, 3.05) is 26.4 Å². The highest BCUT2D eigenvalue weighted by Crippen LogP contribution is 2.44. The van der Waals surface area contributed by atoms with Gasteiger partial charge in [-0.2, -0.15) is 0 Å². The molecule has 0 spiro atoms. The lowest BCUT2D eigenvalue weighted by atomic mass is 9.95. The van der Waals surface area contributed by atoms with Gasteiger partial charge in [-0.1, -0.05) is 29.3 Å². The molecule has 0 radical (unpaired) electrons. The summed E-state index contributed by atoms with van der Waals surface area (Å²) >= 11 is 12.6. The fourth-order valence-electron chi connectivity index (χ4n) is 4.47. The number of hydrogen-bond donors (Lipinski definition) is 1. The zero-order valence-electron chi connectivity index (χ0n) is 17.6. The van der Waals surface area contributed by atoms with Gasteiger partial charge in [0, 0.05) is 28.8 Å². The van der Waals surface area contributed by atoms with Crippen molar-refractivity contribution < 1.29 is 28.9 Å². The van der Waals surface area contributed by atoms with Gasteiger partial charge < -0.3 is 24.2 Å². The Hall–Kier alpha value is -2.74. The number of halogens is 2. The standard InChI is InChI=1S/C24H21Cl2NO6/c25-14-4-5-16(17(26)11-14)21-20(23(29)24(30)27(21)12-15-2-1-7-31-15)22(28)13-3-6-18-19(10-13)33-9-8-32-18/h3-6,10-11,15,21,28H,1-2,7-9,12H2/t15-,21+/m1/s1. The third-order valence-corrected chi connectivity index (χ3v) is 6.60. The maximum absolute atomic E-state index is 13.2. The van der Waals surface area contributed by atoms with E-state index in [2.05, 4.69) is 0 Å². The van der Waals surface area contributed by atoms with Crippen LogP contribution in [-0.2, 0) is 14.3 Å². The second kappa shape index (κ2) is 8.89. The number of benzene rings is 2. The van der Waals surface area contributed by atoms with Crippen molar-refractivity contribution in [1.29, 1.82) is 0 Å². The van der Waals surface area contributed by atoms with Crippen LogP contribution in [0.2, 0.25) is 10.0 Å². The summed E-state index contributed by atoms with van der Waals surface area (Å²) in [5, 5.41) is 12.0. The van der Waals surface area contributed by atoms with Crippen LogP contribution >= 0.6 is 23.2 Å².